The van der Waals surface area contributed by atoms with Gasteiger partial charge in [-0.05, 0) is 19.1 Å². The third-order valence-corrected chi connectivity index (χ3v) is 3.72. The van der Waals surface area contributed by atoms with Gasteiger partial charge in [0.15, 0.2) is 0 Å². The SMILES string of the molecule is CC(O)C(C)Sc1nc(C(F)(F)F)ccc1C(=N)N. The molecule has 0 amide bonds. The Kier molecular flexibility index (Phi) is 4.81. The van der Waals surface area contributed by atoms with E-state index in [1.807, 2.05) is 0 Å². The van der Waals surface area contributed by atoms with E-state index in [1.54, 1.807) is 6.92 Å². The predicted octanol–water partition coefficient (Wildman–Crippen LogP) is 2.25. The topological polar surface area (TPSA) is 83.0 Å². The average Bonchev–Trinajstić information content (AvgIpc) is 2.27. The number of amidine groups is 1. The van der Waals surface area contributed by atoms with E-state index < -0.39 is 18.0 Å². The van der Waals surface area contributed by atoms with Crippen molar-refractivity contribution in [2.24, 2.45) is 5.73 Å². The van der Waals surface area contributed by atoms with Crippen LogP contribution in [0.5, 0.6) is 0 Å². The number of hydrogen-bond acceptors (Lipinski definition) is 4. The van der Waals surface area contributed by atoms with Crippen molar-refractivity contribution in [3.05, 3.63) is 23.4 Å². The Morgan fingerprint density at radius 3 is 2.42 bits per heavy atom. The van der Waals surface area contributed by atoms with Gasteiger partial charge in [-0.2, -0.15) is 13.2 Å². The fraction of sp³-hybridized carbons (Fsp3) is 0.455. The Labute approximate surface area is 112 Å². The van der Waals surface area contributed by atoms with Crippen LogP contribution < -0.4 is 5.73 Å². The molecule has 0 saturated heterocycles. The molecular formula is C11H14F3N3OS. The van der Waals surface area contributed by atoms with Gasteiger partial charge in [0.1, 0.15) is 16.6 Å². The van der Waals surface area contributed by atoms with E-state index in [0.717, 1.165) is 23.9 Å². The number of nitrogens with two attached hydrogens (primary N) is 1. The highest BCUT2D eigenvalue weighted by Gasteiger charge is 2.33. The van der Waals surface area contributed by atoms with Crippen LogP contribution in [0.3, 0.4) is 0 Å². The summed E-state index contributed by atoms with van der Waals surface area (Å²) in [6.07, 6.45) is -5.28. The van der Waals surface area contributed by atoms with Crippen molar-refractivity contribution in [2.75, 3.05) is 0 Å². The standard InChI is InChI=1S/C11H14F3N3OS/c1-5(18)6(2)19-10-7(9(15)16)3-4-8(17-10)11(12,13)14/h3-6,18H,1-2H3,(H3,15,16). The Hall–Kier alpha value is -1.28. The number of aliphatic hydroxyl groups is 1. The summed E-state index contributed by atoms with van der Waals surface area (Å²) in [6, 6.07) is 1.91. The number of thioether (sulfide) groups is 1. The molecule has 4 nitrogen and oxygen atoms in total. The zero-order chi connectivity index (χ0) is 14.8. The van der Waals surface area contributed by atoms with Gasteiger partial charge in [-0.25, -0.2) is 4.98 Å². The minimum atomic E-state index is -4.56. The first kappa shape index (κ1) is 15.8. The zero-order valence-corrected chi connectivity index (χ0v) is 11.1. The average molecular weight is 293 g/mol. The maximum absolute atomic E-state index is 12.6. The maximum Gasteiger partial charge on any atom is 0.433 e. The molecule has 0 saturated carbocycles. The van der Waals surface area contributed by atoms with Crippen LogP contribution in [0.15, 0.2) is 17.2 Å². The van der Waals surface area contributed by atoms with Crippen molar-refractivity contribution >= 4 is 17.6 Å². The highest BCUT2D eigenvalue weighted by Crippen LogP contribution is 2.32. The van der Waals surface area contributed by atoms with Gasteiger partial charge in [-0.15, -0.1) is 0 Å². The van der Waals surface area contributed by atoms with Crippen LogP contribution in [-0.4, -0.2) is 27.3 Å². The summed E-state index contributed by atoms with van der Waals surface area (Å²) in [5.74, 6) is -0.360. The van der Waals surface area contributed by atoms with E-state index in [1.165, 1.54) is 6.92 Å². The highest BCUT2D eigenvalue weighted by molar-refractivity contribution is 8.00. The molecule has 1 aromatic heterocycles. The van der Waals surface area contributed by atoms with Gasteiger partial charge in [-0.1, -0.05) is 18.7 Å². The molecule has 0 aromatic carbocycles. The molecule has 2 atom stereocenters. The number of halogens is 3. The number of hydrogen-bond donors (Lipinski definition) is 3. The number of nitrogen functional groups attached to an aromatic ring is 1. The van der Waals surface area contributed by atoms with Gasteiger partial charge in [0.2, 0.25) is 0 Å². The van der Waals surface area contributed by atoms with E-state index in [4.69, 9.17) is 11.1 Å². The lowest BCUT2D eigenvalue weighted by Gasteiger charge is -2.16. The minimum Gasteiger partial charge on any atom is -0.392 e. The number of aromatic nitrogens is 1. The first-order valence-electron chi connectivity index (χ1n) is 5.40. The Morgan fingerprint density at radius 1 is 1.42 bits per heavy atom. The van der Waals surface area contributed by atoms with Crippen molar-refractivity contribution in [3.63, 3.8) is 0 Å². The summed E-state index contributed by atoms with van der Waals surface area (Å²) < 4.78 is 37.8. The van der Waals surface area contributed by atoms with Crippen LogP contribution in [0.4, 0.5) is 13.2 Å². The molecule has 2 unspecified atom stereocenters. The Balaban J connectivity index is 3.20. The van der Waals surface area contributed by atoms with Crippen LogP contribution in [-0.2, 0) is 6.18 Å². The lowest BCUT2D eigenvalue weighted by Crippen LogP contribution is -2.19. The molecule has 0 aliphatic carbocycles. The van der Waals surface area contributed by atoms with Crippen molar-refractivity contribution in [3.8, 4) is 0 Å². The first-order valence-corrected chi connectivity index (χ1v) is 6.28. The number of nitrogens with one attached hydrogen (secondary N) is 1. The van der Waals surface area contributed by atoms with Crippen molar-refractivity contribution < 1.29 is 18.3 Å². The van der Waals surface area contributed by atoms with Crippen LogP contribution in [0.2, 0.25) is 0 Å². The monoisotopic (exact) mass is 293 g/mol. The number of rotatable bonds is 4. The molecule has 1 aromatic rings. The van der Waals surface area contributed by atoms with E-state index in [2.05, 4.69) is 4.98 Å². The molecule has 0 bridgehead atoms. The molecule has 1 heterocycles. The molecule has 0 radical (unpaired) electrons. The van der Waals surface area contributed by atoms with Gasteiger partial charge >= 0.3 is 6.18 Å². The number of alkyl halides is 3. The third-order valence-electron chi connectivity index (χ3n) is 2.42. The van der Waals surface area contributed by atoms with Gasteiger partial charge < -0.3 is 10.8 Å². The molecule has 0 aliphatic heterocycles. The number of nitrogens with zero attached hydrogens (tertiary/aromatic N) is 1. The second-order valence-electron chi connectivity index (χ2n) is 4.02. The summed E-state index contributed by atoms with van der Waals surface area (Å²) in [6.45, 7) is 3.18. The molecule has 1 rings (SSSR count). The minimum absolute atomic E-state index is 0.00396. The van der Waals surface area contributed by atoms with Crippen LogP contribution in [0, 0.1) is 5.41 Å². The second kappa shape index (κ2) is 5.79. The van der Waals surface area contributed by atoms with Crippen LogP contribution >= 0.6 is 11.8 Å². The smallest absolute Gasteiger partial charge is 0.392 e. The van der Waals surface area contributed by atoms with Crippen molar-refractivity contribution in [1.29, 1.82) is 5.41 Å². The quantitative estimate of drug-likeness (QED) is 0.452. The Bertz CT molecular complexity index is 477. The van der Waals surface area contributed by atoms with Gasteiger partial charge in [0.25, 0.3) is 0 Å². The molecule has 0 fully saturated rings. The summed E-state index contributed by atoms with van der Waals surface area (Å²) in [5.41, 5.74) is 4.40. The summed E-state index contributed by atoms with van der Waals surface area (Å²) >= 11 is 0.955. The van der Waals surface area contributed by atoms with E-state index >= 15 is 0 Å². The van der Waals surface area contributed by atoms with Crippen LogP contribution in [0.1, 0.15) is 25.1 Å². The molecule has 19 heavy (non-hydrogen) atoms. The van der Waals surface area contributed by atoms with E-state index in [0.29, 0.717) is 0 Å². The van der Waals surface area contributed by atoms with Crippen molar-refractivity contribution in [1.82, 2.24) is 4.98 Å². The molecule has 0 aliphatic rings. The predicted molar refractivity (Wildman–Crippen MR) is 67.3 cm³/mol. The van der Waals surface area contributed by atoms with Crippen LogP contribution in [0.25, 0.3) is 0 Å². The number of aliphatic hydroxyl groups excluding tert-OH is 1. The van der Waals surface area contributed by atoms with E-state index in [-0.39, 0.29) is 21.7 Å². The highest BCUT2D eigenvalue weighted by atomic mass is 32.2. The molecule has 4 N–H and O–H groups in total. The molecular weight excluding hydrogens is 279 g/mol. The van der Waals surface area contributed by atoms with Gasteiger partial charge in [0.05, 0.1) is 6.10 Å². The zero-order valence-electron chi connectivity index (χ0n) is 10.3. The molecule has 0 spiro atoms. The molecule has 106 valence electrons. The second-order valence-corrected chi connectivity index (χ2v) is 5.39. The normalized spacial score (nSPS) is 15.1. The fourth-order valence-electron chi connectivity index (χ4n) is 1.17. The fourth-order valence-corrected chi connectivity index (χ4v) is 2.17. The lowest BCUT2D eigenvalue weighted by atomic mass is 10.2. The summed E-state index contributed by atoms with van der Waals surface area (Å²) in [4.78, 5) is 3.49. The van der Waals surface area contributed by atoms with Gasteiger partial charge in [0, 0.05) is 10.8 Å². The van der Waals surface area contributed by atoms with Gasteiger partial charge in [-0.3, -0.25) is 5.41 Å². The summed E-state index contributed by atoms with van der Waals surface area (Å²) in [7, 11) is 0. The largest absolute Gasteiger partial charge is 0.433 e. The maximum atomic E-state index is 12.6. The number of pyridine rings is 1. The first-order chi connectivity index (χ1) is 8.62. The lowest BCUT2D eigenvalue weighted by molar-refractivity contribution is -0.141. The van der Waals surface area contributed by atoms with Crippen molar-refractivity contribution in [2.45, 2.75) is 36.4 Å². The third kappa shape index (κ3) is 4.10. The molecule has 8 heteroatoms. The Morgan fingerprint density at radius 2 is 2.00 bits per heavy atom. The summed E-state index contributed by atoms with van der Waals surface area (Å²) in [5, 5.41) is 16.3. The van der Waals surface area contributed by atoms with E-state index in [9.17, 15) is 18.3 Å².